The Kier molecular flexibility index (Phi) is 7.96. The molecule has 1 saturated heterocycles. The van der Waals surface area contributed by atoms with E-state index in [4.69, 9.17) is 4.74 Å². The molecule has 160 valence electrons. The van der Waals surface area contributed by atoms with Gasteiger partial charge in [-0.1, -0.05) is 11.8 Å². The number of carbonyl (C=O) groups excluding carboxylic acids is 4. The maximum Gasteiger partial charge on any atom is 0.352 e. The largest absolute Gasteiger partial charge is 0.477 e. The van der Waals surface area contributed by atoms with E-state index in [0.717, 1.165) is 16.7 Å². The molecule has 0 aromatic heterocycles. The molecule has 2 aliphatic heterocycles. The highest BCUT2D eigenvalue weighted by atomic mass is 32.2. The van der Waals surface area contributed by atoms with E-state index in [1.54, 1.807) is 4.90 Å². The van der Waals surface area contributed by atoms with Crippen LogP contribution in [0.3, 0.4) is 0 Å². The van der Waals surface area contributed by atoms with Crippen LogP contribution in [-0.4, -0.2) is 86.5 Å². The van der Waals surface area contributed by atoms with Crippen molar-refractivity contribution in [1.82, 2.24) is 15.1 Å². The molecular formula is C17H23N3O7S2. The van der Waals surface area contributed by atoms with Crippen LogP contribution in [0.2, 0.25) is 0 Å². The molecule has 0 saturated carbocycles. The van der Waals surface area contributed by atoms with Gasteiger partial charge in [0.2, 0.25) is 5.91 Å². The molecule has 0 aromatic rings. The van der Waals surface area contributed by atoms with Crippen LogP contribution in [0.4, 0.5) is 4.79 Å². The molecule has 0 bridgehead atoms. The monoisotopic (exact) mass is 445 g/mol. The lowest BCUT2D eigenvalue weighted by molar-refractivity contribution is -0.150. The van der Waals surface area contributed by atoms with Gasteiger partial charge >= 0.3 is 11.9 Å². The van der Waals surface area contributed by atoms with Gasteiger partial charge in [0.25, 0.3) is 11.1 Å². The van der Waals surface area contributed by atoms with Crippen molar-refractivity contribution in [2.24, 2.45) is 0 Å². The van der Waals surface area contributed by atoms with Gasteiger partial charge in [0.05, 0.1) is 5.75 Å². The molecule has 12 heteroatoms. The highest BCUT2D eigenvalue weighted by Gasteiger charge is 2.54. The van der Waals surface area contributed by atoms with E-state index < -0.39 is 35.2 Å². The van der Waals surface area contributed by atoms with Gasteiger partial charge in [0, 0.05) is 31.3 Å². The van der Waals surface area contributed by atoms with Crippen molar-refractivity contribution < 1.29 is 33.8 Å². The van der Waals surface area contributed by atoms with Crippen LogP contribution >= 0.6 is 23.5 Å². The van der Waals surface area contributed by atoms with Crippen LogP contribution in [0.15, 0.2) is 11.3 Å². The Morgan fingerprint density at radius 1 is 1.31 bits per heavy atom. The Morgan fingerprint density at radius 3 is 2.52 bits per heavy atom. The zero-order valence-electron chi connectivity index (χ0n) is 16.3. The first-order valence-electron chi connectivity index (χ1n) is 8.95. The molecule has 29 heavy (non-hydrogen) atoms. The molecule has 0 aromatic carbocycles. The summed E-state index contributed by atoms with van der Waals surface area (Å²) in [6, 6.07) is -0.860. The lowest BCUT2D eigenvalue weighted by Gasteiger charge is -2.49. The average molecular weight is 446 g/mol. The van der Waals surface area contributed by atoms with E-state index in [-0.39, 0.29) is 29.0 Å². The number of amides is 3. The van der Waals surface area contributed by atoms with Gasteiger partial charge in [-0.2, -0.15) is 0 Å². The summed E-state index contributed by atoms with van der Waals surface area (Å²) in [6.07, 6.45) is 0. The maximum absolute atomic E-state index is 12.5. The first kappa shape index (κ1) is 23.1. The van der Waals surface area contributed by atoms with Gasteiger partial charge < -0.3 is 20.1 Å². The number of fused-ring (bicyclic) bond motifs is 1. The van der Waals surface area contributed by atoms with Gasteiger partial charge in [-0.3, -0.25) is 24.1 Å². The average Bonchev–Trinajstić information content (AvgIpc) is 2.68. The van der Waals surface area contributed by atoms with E-state index in [2.05, 4.69) is 5.32 Å². The van der Waals surface area contributed by atoms with Crippen LogP contribution in [-0.2, 0) is 23.9 Å². The lowest BCUT2D eigenvalue weighted by atomic mass is 10.0. The second kappa shape index (κ2) is 10.0. The van der Waals surface area contributed by atoms with Crippen molar-refractivity contribution in [3.63, 3.8) is 0 Å². The van der Waals surface area contributed by atoms with Crippen LogP contribution < -0.4 is 5.32 Å². The smallest absolute Gasteiger partial charge is 0.352 e. The fourth-order valence-electron chi connectivity index (χ4n) is 2.90. The van der Waals surface area contributed by atoms with Gasteiger partial charge in [-0.25, -0.2) is 4.79 Å². The second-order valence-corrected chi connectivity index (χ2v) is 8.25. The summed E-state index contributed by atoms with van der Waals surface area (Å²) in [5.41, 5.74) is 0.115. The molecule has 2 rings (SSSR count). The summed E-state index contributed by atoms with van der Waals surface area (Å²) in [6.45, 7) is 5.77. The van der Waals surface area contributed by atoms with Gasteiger partial charge in [-0.15, -0.1) is 11.8 Å². The Morgan fingerprint density at radius 2 is 1.97 bits per heavy atom. The molecule has 2 aliphatic rings. The fourth-order valence-corrected chi connectivity index (χ4v) is 5.00. The Balaban J connectivity index is 1.98. The van der Waals surface area contributed by atoms with Crippen molar-refractivity contribution in [2.45, 2.75) is 32.2 Å². The normalized spacial score (nSPS) is 20.5. The van der Waals surface area contributed by atoms with E-state index >= 15 is 0 Å². The third kappa shape index (κ3) is 5.24. The number of nitrogens with zero attached hydrogens (tertiary/aromatic N) is 2. The molecule has 2 heterocycles. The topological polar surface area (TPSA) is 133 Å². The van der Waals surface area contributed by atoms with Crippen molar-refractivity contribution in [1.29, 1.82) is 0 Å². The minimum absolute atomic E-state index is 0.129. The number of carboxylic acids is 1. The van der Waals surface area contributed by atoms with Gasteiger partial charge in [0.1, 0.15) is 23.7 Å². The fraction of sp³-hybridized carbons (Fsp3) is 0.588. The number of carbonyl (C=O) groups is 5. The first-order chi connectivity index (χ1) is 13.7. The van der Waals surface area contributed by atoms with E-state index in [1.807, 2.05) is 13.8 Å². The lowest BCUT2D eigenvalue weighted by Crippen LogP contribution is -2.70. The number of β-lactam (4-membered cyclic amide) rings is 1. The van der Waals surface area contributed by atoms with Crippen molar-refractivity contribution in [3.05, 3.63) is 11.3 Å². The quantitative estimate of drug-likeness (QED) is 0.404. The first-order valence-corrected chi connectivity index (χ1v) is 11.0. The number of esters is 1. The number of carboxylic acid groups (broad SMARTS) is 1. The number of ether oxygens (including phenoxy) is 1. The highest BCUT2D eigenvalue weighted by Crippen LogP contribution is 2.40. The summed E-state index contributed by atoms with van der Waals surface area (Å²) in [7, 11) is 0. The zero-order valence-corrected chi connectivity index (χ0v) is 17.9. The molecule has 0 unspecified atom stereocenters. The number of nitrogens with one attached hydrogen (secondary N) is 1. The van der Waals surface area contributed by atoms with Gasteiger partial charge in [-0.05, 0) is 13.8 Å². The highest BCUT2D eigenvalue weighted by molar-refractivity contribution is 8.14. The molecule has 1 fully saturated rings. The molecular weight excluding hydrogens is 422 g/mol. The minimum Gasteiger partial charge on any atom is -0.477 e. The number of hydrogen-bond donors (Lipinski definition) is 2. The maximum atomic E-state index is 12.5. The minimum atomic E-state index is -1.30. The van der Waals surface area contributed by atoms with Crippen molar-refractivity contribution in [3.8, 4) is 0 Å². The number of thioether (sulfide) groups is 2. The van der Waals surface area contributed by atoms with E-state index in [9.17, 15) is 29.1 Å². The summed E-state index contributed by atoms with van der Waals surface area (Å²) in [4.78, 5) is 61.9. The Hall–Kier alpha value is -2.21. The summed E-state index contributed by atoms with van der Waals surface area (Å²) in [5.74, 6) is -2.74. The number of aliphatic carboxylic acids is 1. The molecule has 2 atom stereocenters. The summed E-state index contributed by atoms with van der Waals surface area (Å²) in [5, 5.41) is 11.3. The second-order valence-electron chi connectivity index (χ2n) is 6.22. The Bertz CT molecular complexity index is 751. The number of rotatable bonds is 8. The van der Waals surface area contributed by atoms with Crippen LogP contribution in [0.25, 0.3) is 0 Å². The van der Waals surface area contributed by atoms with E-state index in [1.165, 1.54) is 18.7 Å². The predicted molar refractivity (Wildman–Crippen MR) is 107 cm³/mol. The third-order valence-corrected chi connectivity index (χ3v) is 6.62. The molecule has 3 amide bonds. The number of hydrogen-bond acceptors (Lipinski definition) is 8. The third-order valence-electron chi connectivity index (χ3n) is 4.36. The molecule has 2 N–H and O–H groups in total. The summed E-state index contributed by atoms with van der Waals surface area (Å²) >= 11 is 2.14. The predicted octanol–water partition coefficient (Wildman–Crippen LogP) is 0.483. The molecule has 10 nitrogen and oxygen atoms in total. The zero-order chi connectivity index (χ0) is 21.7. The molecule has 0 radical (unpaired) electrons. The van der Waals surface area contributed by atoms with Crippen LogP contribution in [0, 0.1) is 0 Å². The van der Waals surface area contributed by atoms with Crippen LogP contribution in [0.5, 0.6) is 0 Å². The molecule has 0 aliphatic carbocycles. The Labute approximate surface area is 176 Å². The van der Waals surface area contributed by atoms with Gasteiger partial charge in [0.15, 0.2) is 0 Å². The van der Waals surface area contributed by atoms with Crippen LogP contribution in [0.1, 0.15) is 20.8 Å². The van der Waals surface area contributed by atoms with Crippen molar-refractivity contribution >= 4 is 52.5 Å². The van der Waals surface area contributed by atoms with E-state index in [0.29, 0.717) is 18.7 Å². The standard InChI is InChI=1S/C17H23N3O7S2/c1-4-19(5-2)17(26)29-8-11(22)18-12-14(23)20-13(16(24)25)10(6-27-9(3)21)7-28-15(12)20/h12,15H,4-8H2,1-3H3,(H,18,22)(H,24,25)/t12-,15-/m1/s1. The SMILES string of the molecule is CCN(CC)C(=O)SCC(=O)N[C@@H]1C(=O)N2C(C(=O)O)=C(COC(C)=O)CS[C@H]12. The van der Waals surface area contributed by atoms with Crippen molar-refractivity contribution in [2.75, 3.05) is 31.2 Å². The summed E-state index contributed by atoms with van der Waals surface area (Å²) < 4.78 is 4.87. The molecule has 0 spiro atoms.